The van der Waals surface area contributed by atoms with Crippen molar-refractivity contribution in [3.8, 4) is 11.4 Å². The summed E-state index contributed by atoms with van der Waals surface area (Å²) >= 11 is 0. The van der Waals surface area contributed by atoms with Crippen molar-refractivity contribution in [2.45, 2.75) is 25.8 Å². The highest BCUT2D eigenvalue weighted by atomic mass is 16.1. The van der Waals surface area contributed by atoms with E-state index >= 15 is 0 Å². The molecule has 3 aromatic rings. The molecule has 1 amide bonds. The first kappa shape index (κ1) is 19.6. The quantitative estimate of drug-likeness (QED) is 0.374. The SMILES string of the molecule is CCNC(=NCc1cccc(-c2ncn[nH]2)c1)NCC1CC(=O)Nc2ccccc21. The molecule has 0 spiro atoms. The predicted molar refractivity (Wildman–Crippen MR) is 117 cm³/mol. The Balaban J connectivity index is 1.44. The fourth-order valence-electron chi connectivity index (χ4n) is 3.58. The van der Waals surface area contributed by atoms with Gasteiger partial charge in [0, 0.05) is 36.7 Å². The molecule has 30 heavy (non-hydrogen) atoms. The lowest BCUT2D eigenvalue weighted by molar-refractivity contribution is -0.116. The van der Waals surface area contributed by atoms with E-state index in [2.05, 4.69) is 43.3 Å². The molecule has 1 aromatic heterocycles. The molecule has 8 heteroatoms. The second kappa shape index (κ2) is 9.21. The van der Waals surface area contributed by atoms with E-state index in [1.807, 2.05) is 43.3 Å². The molecule has 1 aliphatic heterocycles. The van der Waals surface area contributed by atoms with Gasteiger partial charge in [-0.3, -0.25) is 9.89 Å². The van der Waals surface area contributed by atoms with E-state index in [0.29, 0.717) is 19.5 Å². The molecular formula is C22H25N7O. The highest BCUT2D eigenvalue weighted by Gasteiger charge is 2.24. The summed E-state index contributed by atoms with van der Waals surface area (Å²) in [6, 6.07) is 16.0. The summed E-state index contributed by atoms with van der Waals surface area (Å²) in [5.41, 5.74) is 4.10. The van der Waals surface area contributed by atoms with E-state index in [1.54, 1.807) is 0 Å². The molecule has 0 saturated heterocycles. The van der Waals surface area contributed by atoms with Crippen molar-refractivity contribution in [1.29, 1.82) is 0 Å². The molecule has 2 heterocycles. The van der Waals surface area contributed by atoms with Crippen molar-refractivity contribution in [2.24, 2.45) is 4.99 Å². The van der Waals surface area contributed by atoms with Crippen molar-refractivity contribution in [3.05, 3.63) is 66.0 Å². The zero-order valence-corrected chi connectivity index (χ0v) is 16.9. The summed E-state index contributed by atoms with van der Waals surface area (Å²) < 4.78 is 0. The number of aromatic nitrogens is 3. The Kier molecular flexibility index (Phi) is 6.03. The van der Waals surface area contributed by atoms with Gasteiger partial charge in [-0.1, -0.05) is 36.4 Å². The van der Waals surface area contributed by atoms with Crippen LogP contribution in [0.4, 0.5) is 5.69 Å². The number of benzene rings is 2. The monoisotopic (exact) mass is 403 g/mol. The van der Waals surface area contributed by atoms with Crippen LogP contribution in [0.5, 0.6) is 0 Å². The second-order valence-electron chi connectivity index (χ2n) is 7.15. The highest BCUT2D eigenvalue weighted by Crippen LogP contribution is 2.31. The van der Waals surface area contributed by atoms with E-state index in [0.717, 1.165) is 40.7 Å². The van der Waals surface area contributed by atoms with Gasteiger partial charge < -0.3 is 16.0 Å². The second-order valence-corrected chi connectivity index (χ2v) is 7.15. The van der Waals surface area contributed by atoms with E-state index in [4.69, 9.17) is 4.99 Å². The van der Waals surface area contributed by atoms with Gasteiger partial charge in [-0.25, -0.2) is 9.98 Å². The van der Waals surface area contributed by atoms with Crippen LogP contribution in [0, 0.1) is 0 Å². The third-order valence-electron chi connectivity index (χ3n) is 5.00. The zero-order chi connectivity index (χ0) is 20.8. The Morgan fingerprint density at radius 3 is 2.93 bits per heavy atom. The normalized spacial score (nSPS) is 16.0. The Labute approximate surface area is 175 Å². The number of para-hydroxylation sites is 1. The zero-order valence-electron chi connectivity index (χ0n) is 16.9. The van der Waals surface area contributed by atoms with Crippen molar-refractivity contribution in [2.75, 3.05) is 18.4 Å². The molecule has 1 aliphatic rings. The van der Waals surface area contributed by atoms with E-state index < -0.39 is 0 Å². The largest absolute Gasteiger partial charge is 0.357 e. The minimum atomic E-state index is 0.0478. The van der Waals surface area contributed by atoms with Crippen molar-refractivity contribution < 1.29 is 4.79 Å². The molecule has 154 valence electrons. The fraction of sp³-hybridized carbons (Fsp3) is 0.273. The summed E-state index contributed by atoms with van der Waals surface area (Å²) in [4.78, 5) is 21.0. The Hall–Kier alpha value is -3.68. The minimum absolute atomic E-state index is 0.0478. The molecule has 4 N–H and O–H groups in total. The average molecular weight is 403 g/mol. The number of H-pyrrole nitrogens is 1. The number of anilines is 1. The van der Waals surface area contributed by atoms with Crippen LogP contribution in [0.1, 0.15) is 30.4 Å². The number of hydrogen-bond donors (Lipinski definition) is 4. The van der Waals surface area contributed by atoms with Gasteiger partial charge in [-0.15, -0.1) is 0 Å². The number of guanidine groups is 1. The van der Waals surface area contributed by atoms with Gasteiger partial charge in [0.05, 0.1) is 6.54 Å². The molecule has 8 nitrogen and oxygen atoms in total. The summed E-state index contributed by atoms with van der Waals surface area (Å²) in [7, 11) is 0. The van der Waals surface area contributed by atoms with E-state index in [9.17, 15) is 4.79 Å². The molecule has 2 aromatic carbocycles. The minimum Gasteiger partial charge on any atom is -0.357 e. The van der Waals surface area contributed by atoms with Gasteiger partial charge in [0.15, 0.2) is 11.8 Å². The molecular weight excluding hydrogens is 378 g/mol. The lowest BCUT2D eigenvalue weighted by Gasteiger charge is -2.26. The molecule has 1 atom stereocenters. The summed E-state index contributed by atoms with van der Waals surface area (Å²) in [6.45, 7) is 3.95. The van der Waals surface area contributed by atoms with Crippen molar-refractivity contribution >= 4 is 17.6 Å². The summed E-state index contributed by atoms with van der Waals surface area (Å²) in [5.74, 6) is 1.62. The number of hydrogen-bond acceptors (Lipinski definition) is 4. The number of aromatic amines is 1. The summed E-state index contributed by atoms with van der Waals surface area (Å²) in [6.07, 6.45) is 1.96. The Bertz CT molecular complexity index is 1030. The molecule has 1 unspecified atom stereocenters. The standard InChI is InChI=1S/C22H25N7O/c1-2-23-22(24-12-15-6-5-7-16(10-15)21-26-14-27-29-21)25-13-17-11-20(30)28-19-9-4-3-8-18(17)19/h3-10,14,17H,2,11-13H2,1H3,(H,28,30)(H2,23,24,25)(H,26,27,29). The molecule has 0 bridgehead atoms. The highest BCUT2D eigenvalue weighted by molar-refractivity contribution is 5.94. The predicted octanol–water partition coefficient (Wildman–Crippen LogP) is 2.65. The average Bonchev–Trinajstić information content (AvgIpc) is 3.30. The van der Waals surface area contributed by atoms with Crippen LogP contribution in [0.2, 0.25) is 0 Å². The maximum Gasteiger partial charge on any atom is 0.225 e. The van der Waals surface area contributed by atoms with Crippen LogP contribution < -0.4 is 16.0 Å². The van der Waals surface area contributed by atoms with Gasteiger partial charge in [-0.05, 0) is 30.2 Å². The topological polar surface area (TPSA) is 107 Å². The molecule has 0 radical (unpaired) electrons. The maximum atomic E-state index is 12.0. The van der Waals surface area contributed by atoms with Gasteiger partial charge >= 0.3 is 0 Å². The lowest BCUT2D eigenvalue weighted by Crippen LogP contribution is -2.40. The first-order chi connectivity index (χ1) is 14.7. The number of nitrogens with one attached hydrogen (secondary N) is 4. The Morgan fingerprint density at radius 1 is 1.20 bits per heavy atom. The summed E-state index contributed by atoms with van der Waals surface area (Å²) in [5, 5.41) is 16.4. The first-order valence-corrected chi connectivity index (χ1v) is 10.1. The van der Waals surface area contributed by atoms with E-state index in [1.165, 1.54) is 6.33 Å². The van der Waals surface area contributed by atoms with Gasteiger partial charge in [0.2, 0.25) is 5.91 Å². The third-order valence-corrected chi connectivity index (χ3v) is 5.00. The number of amides is 1. The molecule has 0 saturated carbocycles. The van der Waals surface area contributed by atoms with Gasteiger partial charge in [0.1, 0.15) is 6.33 Å². The number of aliphatic imine (C=N–C) groups is 1. The number of carbonyl (C=O) groups is 1. The number of nitrogens with zero attached hydrogens (tertiary/aromatic N) is 3. The van der Waals surface area contributed by atoms with Crippen LogP contribution in [0.3, 0.4) is 0 Å². The smallest absolute Gasteiger partial charge is 0.225 e. The van der Waals surface area contributed by atoms with Gasteiger partial charge in [-0.2, -0.15) is 5.10 Å². The maximum absolute atomic E-state index is 12.0. The van der Waals surface area contributed by atoms with E-state index in [-0.39, 0.29) is 11.8 Å². The number of fused-ring (bicyclic) bond motifs is 1. The molecule has 0 aliphatic carbocycles. The first-order valence-electron chi connectivity index (χ1n) is 10.1. The molecule has 4 rings (SSSR count). The van der Waals surface area contributed by atoms with Gasteiger partial charge in [0.25, 0.3) is 0 Å². The van der Waals surface area contributed by atoms with Crippen LogP contribution in [-0.2, 0) is 11.3 Å². The lowest BCUT2D eigenvalue weighted by atomic mass is 9.90. The molecule has 0 fully saturated rings. The van der Waals surface area contributed by atoms with Crippen LogP contribution >= 0.6 is 0 Å². The third kappa shape index (κ3) is 4.65. The Morgan fingerprint density at radius 2 is 2.10 bits per heavy atom. The van der Waals surface area contributed by atoms with Crippen molar-refractivity contribution in [1.82, 2.24) is 25.8 Å². The van der Waals surface area contributed by atoms with Crippen molar-refractivity contribution in [3.63, 3.8) is 0 Å². The van der Waals surface area contributed by atoms with Crippen LogP contribution in [0.15, 0.2) is 59.9 Å². The van der Waals surface area contributed by atoms with Crippen LogP contribution in [-0.4, -0.2) is 40.1 Å². The van der Waals surface area contributed by atoms with Crippen LogP contribution in [0.25, 0.3) is 11.4 Å². The fourth-order valence-corrected chi connectivity index (χ4v) is 3.58. The number of carbonyl (C=O) groups excluding carboxylic acids is 1. The number of rotatable bonds is 6.